The summed E-state index contributed by atoms with van der Waals surface area (Å²) in [4.78, 5) is 32.0. The molecule has 2 amide bonds. The predicted molar refractivity (Wildman–Crippen MR) is 117 cm³/mol. The van der Waals surface area contributed by atoms with Crippen LogP contribution in [0.1, 0.15) is 0 Å². The SMILES string of the molecule is O=C(CN1C(=O)CSc2ccccc21)Nc1nc(-c2ccc3c(c2)OCCO3)cs1. The fraction of sp³-hybridized carbons (Fsp3) is 0.190. The number of thioether (sulfide) groups is 1. The lowest BCUT2D eigenvalue weighted by Crippen LogP contribution is -2.41. The molecular formula is C21H17N3O4S2. The molecule has 30 heavy (non-hydrogen) atoms. The molecule has 0 saturated carbocycles. The number of para-hydroxylation sites is 1. The Hall–Kier alpha value is -3.04. The molecule has 7 nitrogen and oxygen atoms in total. The fourth-order valence-corrected chi connectivity index (χ4v) is 4.97. The molecule has 0 unspecified atom stereocenters. The maximum atomic E-state index is 12.6. The molecule has 1 aromatic heterocycles. The van der Waals surface area contributed by atoms with E-state index in [1.807, 2.05) is 47.8 Å². The fourth-order valence-electron chi connectivity index (χ4n) is 3.30. The minimum absolute atomic E-state index is 0.0463. The van der Waals surface area contributed by atoms with Gasteiger partial charge in [0.15, 0.2) is 16.6 Å². The summed E-state index contributed by atoms with van der Waals surface area (Å²) in [5.74, 6) is 1.38. The number of ether oxygens (including phenoxy) is 2. The number of hydrogen-bond acceptors (Lipinski definition) is 7. The smallest absolute Gasteiger partial charge is 0.246 e. The number of benzene rings is 2. The van der Waals surface area contributed by atoms with Crippen LogP contribution in [0.15, 0.2) is 52.7 Å². The summed E-state index contributed by atoms with van der Waals surface area (Å²) in [5, 5.41) is 5.16. The van der Waals surface area contributed by atoms with E-state index < -0.39 is 0 Å². The highest BCUT2D eigenvalue weighted by Gasteiger charge is 2.26. The van der Waals surface area contributed by atoms with Crippen molar-refractivity contribution in [2.24, 2.45) is 0 Å². The average Bonchev–Trinajstić information content (AvgIpc) is 3.24. The minimum atomic E-state index is -0.284. The van der Waals surface area contributed by atoms with E-state index >= 15 is 0 Å². The Labute approximate surface area is 181 Å². The molecule has 2 aliphatic heterocycles. The van der Waals surface area contributed by atoms with Gasteiger partial charge in [-0.05, 0) is 30.3 Å². The second-order valence-electron chi connectivity index (χ2n) is 6.68. The monoisotopic (exact) mass is 439 g/mol. The van der Waals surface area contributed by atoms with Crippen LogP contribution in [0.3, 0.4) is 0 Å². The number of aromatic nitrogens is 1. The van der Waals surface area contributed by atoms with Gasteiger partial charge < -0.3 is 19.7 Å². The van der Waals surface area contributed by atoms with E-state index in [9.17, 15) is 9.59 Å². The molecule has 0 saturated heterocycles. The third-order valence-corrected chi connectivity index (χ3v) is 6.50. The zero-order valence-corrected chi connectivity index (χ0v) is 17.4. The molecule has 0 fully saturated rings. The first-order valence-corrected chi connectivity index (χ1v) is 11.2. The van der Waals surface area contributed by atoms with Crippen LogP contribution in [0.4, 0.5) is 10.8 Å². The Morgan fingerprint density at radius 2 is 1.97 bits per heavy atom. The van der Waals surface area contributed by atoms with Crippen molar-refractivity contribution in [3.63, 3.8) is 0 Å². The summed E-state index contributed by atoms with van der Waals surface area (Å²) in [5.41, 5.74) is 2.39. The molecule has 0 radical (unpaired) electrons. The molecule has 5 rings (SSSR count). The van der Waals surface area contributed by atoms with Gasteiger partial charge in [0.1, 0.15) is 19.8 Å². The Balaban J connectivity index is 1.29. The van der Waals surface area contributed by atoms with Crippen molar-refractivity contribution in [2.75, 3.05) is 35.7 Å². The third-order valence-electron chi connectivity index (χ3n) is 4.70. The predicted octanol–water partition coefficient (Wildman–Crippen LogP) is 3.66. The maximum absolute atomic E-state index is 12.6. The van der Waals surface area contributed by atoms with E-state index in [2.05, 4.69) is 10.3 Å². The van der Waals surface area contributed by atoms with E-state index in [4.69, 9.17) is 9.47 Å². The van der Waals surface area contributed by atoms with Gasteiger partial charge in [-0.1, -0.05) is 12.1 Å². The molecule has 0 spiro atoms. The zero-order valence-electron chi connectivity index (χ0n) is 15.8. The van der Waals surface area contributed by atoms with Gasteiger partial charge in [0, 0.05) is 15.8 Å². The first kappa shape index (κ1) is 19.0. The number of fused-ring (bicyclic) bond motifs is 2. The highest BCUT2D eigenvalue weighted by atomic mass is 32.2. The van der Waals surface area contributed by atoms with Gasteiger partial charge in [-0.3, -0.25) is 9.59 Å². The molecule has 0 atom stereocenters. The van der Waals surface area contributed by atoms with Gasteiger partial charge in [0.05, 0.1) is 17.1 Å². The largest absolute Gasteiger partial charge is 0.486 e. The van der Waals surface area contributed by atoms with Crippen LogP contribution in [-0.4, -0.2) is 42.3 Å². The van der Waals surface area contributed by atoms with Gasteiger partial charge in [0.2, 0.25) is 11.8 Å². The van der Waals surface area contributed by atoms with Crippen LogP contribution < -0.4 is 19.7 Å². The summed E-state index contributed by atoms with van der Waals surface area (Å²) in [6, 6.07) is 13.3. The van der Waals surface area contributed by atoms with Crippen LogP contribution in [-0.2, 0) is 9.59 Å². The normalized spacial score (nSPS) is 14.9. The van der Waals surface area contributed by atoms with Crippen LogP contribution in [0, 0.1) is 0 Å². The second-order valence-corrected chi connectivity index (χ2v) is 8.56. The number of nitrogens with zero attached hydrogens (tertiary/aromatic N) is 2. The molecule has 152 valence electrons. The van der Waals surface area contributed by atoms with Crippen molar-refractivity contribution < 1.29 is 19.1 Å². The first-order chi connectivity index (χ1) is 14.7. The number of thiazole rings is 1. The van der Waals surface area contributed by atoms with E-state index in [1.165, 1.54) is 28.0 Å². The molecule has 0 bridgehead atoms. The van der Waals surface area contributed by atoms with E-state index in [0.29, 0.717) is 29.8 Å². The number of hydrogen-bond donors (Lipinski definition) is 1. The van der Waals surface area contributed by atoms with Crippen molar-refractivity contribution >= 4 is 45.7 Å². The Kier molecular flexibility index (Phi) is 5.06. The number of rotatable bonds is 4. The van der Waals surface area contributed by atoms with Crippen molar-refractivity contribution in [1.29, 1.82) is 0 Å². The Morgan fingerprint density at radius 1 is 1.13 bits per heavy atom. The van der Waals surface area contributed by atoms with Crippen molar-refractivity contribution in [2.45, 2.75) is 4.90 Å². The van der Waals surface area contributed by atoms with Gasteiger partial charge >= 0.3 is 0 Å². The van der Waals surface area contributed by atoms with Crippen LogP contribution >= 0.6 is 23.1 Å². The zero-order chi connectivity index (χ0) is 20.5. The van der Waals surface area contributed by atoms with Gasteiger partial charge in [-0.25, -0.2) is 4.98 Å². The number of carbonyl (C=O) groups is 2. The Bertz CT molecular complexity index is 1130. The molecule has 9 heteroatoms. The maximum Gasteiger partial charge on any atom is 0.246 e. The number of carbonyl (C=O) groups excluding carboxylic acids is 2. The van der Waals surface area contributed by atoms with Crippen LogP contribution in [0.5, 0.6) is 11.5 Å². The highest BCUT2D eigenvalue weighted by molar-refractivity contribution is 8.00. The number of anilines is 2. The molecule has 2 aromatic carbocycles. The molecule has 2 aliphatic rings. The van der Waals surface area contributed by atoms with E-state index in [0.717, 1.165) is 27.6 Å². The topological polar surface area (TPSA) is 80.8 Å². The number of amides is 2. The summed E-state index contributed by atoms with van der Waals surface area (Å²) in [6.45, 7) is 1.02. The highest BCUT2D eigenvalue weighted by Crippen LogP contribution is 2.36. The quantitative estimate of drug-likeness (QED) is 0.668. The molecule has 3 heterocycles. The molecular weight excluding hydrogens is 422 g/mol. The minimum Gasteiger partial charge on any atom is -0.486 e. The standard InChI is InChI=1S/C21H17N3O4S2/c25-19(10-24-15-3-1-2-4-18(15)29-12-20(24)26)23-21-22-14(11-30-21)13-5-6-16-17(9-13)28-8-7-27-16/h1-6,9,11H,7-8,10,12H2,(H,22,23,25). The summed E-state index contributed by atoms with van der Waals surface area (Å²) < 4.78 is 11.2. The lowest BCUT2D eigenvalue weighted by Gasteiger charge is -2.28. The van der Waals surface area contributed by atoms with Gasteiger partial charge in [0.25, 0.3) is 0 Å². The molecule has 1 N–H and O–H groups in total. The van der Waals surface area contributed by atoms with Gasteiger partial charge in [-0.15, -0.1) is 23.1 Å². The lowest BCUT2D eigenvalue weighted by atomic mass is 10.1. The van der Waals surface area contributed by atoms with Crippen molar-refractivity contribution in [3.05, 3.63) is 47.8 Å². The first-order valence-electron chi connectivity index (χ1n) is 9.35. The van der Waals surface area contributed by atoms with Crippen molar-refractivity contribution in [3.8, 4) is 22.8 Å². The Morgan fingerprint density at radius 3 is 2.87 bits per heavy atom. The molecule has 3 aromatic rings. The summed E-state index contributed by atoms with van der Waals surface area (Å²) >= 11 is 2.83. The second kappa shape index (κ2) is 8.00. The average molecular weight is 440 g/mol. The molecule has 0 aliphatic carbocycles. The summed E-state index contributed by atoms with van der Waals surface area (Å²) in [6.07, 6.45) is 0. The van der Waals surface area contributed by atoms with Crippen LogP contribution in [0.2, 0.25) is 0 Å². The summed E-state index contributed by atoms with van der Waals surface area (Å²) in [7, 11) is 0. The van der Waals surface area contributed by atoms with E-state index in [-0.39, 0.29) is 18.4 Å². The third kappa shape index (κ3) is 3.73. The van der Waals surface area contributed by atoms with Crippen LogP contribution in [0.25, 0.3) is 11.3 Å². The number of nitrogens with one attached hydrogen (secondary N) is 1. The van der Waals surface area contributed by atoms with Crippen molar-refractivity contribution in [1.82, 2.24) is 4.98 Å². The lowest BCUT2D eigenvalue weighted by molar-refractivity contribution is -0.120. The van der Waals surface area contributed by atoms with Gasteiger partial charge in [-0.2, -0.15) is 0 Å². The van der Waals surface area contributed by atoms with E-state index in [1.54, 1.807) is 0 Å².